The summed E-state index contributed by atoms with van der Waals surface area (Å²) in [5, 5.41) is 2.79. The molecule has 0 saturated carbocycles. The van der Waals surface area contributed by atoms with Crippen molar-refractivity contribution in [3.63, 3.8) is 0 Å². The van der Waals surface area contributed by atoms with Crippen LogP contribution >= 0.6 is 0 Å². The average molecular weight is 222 g/mol. The molecule has 0 aromatic carbocycles. The molecule has 3 N–H and O–H groups in total. The monoisotopic (exact) mass is 222 g/mol. The van der Waals surface area contributed by atoms with E-state index in [1.165, 1.54) is 13.0 Å². The largest absolute Gasteiger partial charge is 0.412 e. The van der Waals surface area contributed by atoms with Crippen molar-refractivity contribution in [3.8, 4) is 0 Å². The fourth-order valence-electron chi connectivity index (χ4n) is 0.931. The van der Waals surface area contributed by atoms with Crippen LogP contribution in [0.25, 0.3) is 0 Å². The first-order valence-corrected chi connectivity index (χ1v) is 4.89. The second kappa shape index (κ2) is 6.37. The molecule has 0 aromatic rings. The maximum absolute atomic E-state index is 12.3. The zero-order valence-electron chi connectivity index (χ0n) is 8.99. The Balaban J connectivity index is 4.45. The summed E-state index contributed by atoms with van der Waals surface area (Å²) in [5.41, 5.74) is 4.86. The number of nitrogens with one attached hydrogen (secondary N) is 1. The van der Waals surface area contributed by atoms with Crippen LogP contribution in [0.3, 0.4) is 0 Å². The van der Waals surface area contributed by atoms with Crippen LogP contribution in [0.15, 0.2) is 23.5 Å². The molecule has 0 aromatic heterocycles. The van der Waals surface area contributed by atoms with E-state index in [1.54, 1.807) is 0 Å². The van der Waals surface area contributed by atoms with Crippen molar-refractivity contribution in [2.45, 2.75) is 32.9 Å². The molecule has 0 spiro atoms. The van der Waals surface area contributed by atoms with Crippen LogP contribution in [0, 0.1) is 0 Å². The van der Waals surface area contributed by atoms with Gasteiger partial charge in [-0.2, -0.15) is 13.2 Å². The van der Waals surface area contributed by atoms with Gasteiger partial charge in [0.25, 0.3) is 0 Å². The number of hydrogen-bond donors (Lipinski definition) is 2. The Morgan fingerprint density at radius 1 is 1.27 bits per heavy atom. The molecule has 0 saturated heterocycles. The highest BCUT2D eigenvalue weighted by molar-refractivity contribution is 5.18. The van der Waals surface area contributed by atoms with Gasteiger partial charge in [0.2, 0.25) is 0 Å². The summed E-state index contributed by atoms with van der Waals surface area (Å²) in [4.78, 5) is 0. The topological polar surface area (TPSA) is 38.0 Å². The lowest BCUT2D eigenvalue weighted by Gasteiger charge is -2.08. The van der Waals surface area contributed by atoms with Gasteiger partial charge in [-0.25, -0.2) is 0 Å². The number of halogens is 3. The van der Waals surface area contributed by atoms with Crippen LogP contribution in [0.2, 0.25) is 0 Å². The molecule has 5 heteroatoms. The Labute approximate surface area is 88.0 Å². The van der Waals surface area contributed by atoms with Gasteiger partial charge in [0, 0.05) is 12.1 Å². The first-order chi connectivity index (χ1) is 6.91. The molecule has 0 fully saturated rings. The van der Waals surface area contributed by atoms with Gasteiger partial charge in [0.05, 0.1) is 5.82 Å². The third-order valence-electron chi connectivity index (χ3n) is 1.79. The third-order valence-corrected chi connectivity index (χ3v) is 1.79. The number of alkyl halides is 3. The van der Waals surface area contributed by atoms with Gasteiger partial charge in [0.1, 0.15) is 0 Å². The zero-order valence-corrected chi connectivity index (χ0v) is 8.99. The lowest BCUT2D eigenvalue weighted by molar-refractivity contribution is -0.0935. The molecule has 0 rings (SSSR count). The van der Waals surface area contributed by atoms with E-state index >= 15 is 0 Å². The fourth-order valence-corrected chi connectivity index (χ4v) is 0.931. The summed E-state index contributed by atoms with van der Waals surface area (Å²) < 4.78 is 36.8. The SMILES string of the molecule is CCCN/C(N)=C/C=C(\CC)C(F)(F)F. The van der Waals surface area contributed by atoms with Crippen molar-refractivity contribution in [1.82, 2.24) is 5.32 Å². The molecule has 88 valence electrons. The minimum Gasteiger partial charge on any atom is -0.386 e. The molecule has 2 nitrogen and oxygen atoms in total. The van der Waals surface area contributed by atoms with Crippen molar-refractivity contribution >= 4 is 0 Å². The van der Waals surface area contributed by atoms with Crippen LogP contribution < -0.4 is 11.1 Å². The van der Waals surface area contributed by atoms with E-state index < -0.39 is 11.7 Å². The Morgan fingerprint density at radius 3 is 2.27 bits per heavy atom. The van der Waals surface area contributed by atoms with Gasteiger partial charge in [0.15, 0.2) is 0 Å². The van der Waals surface area contributed by atoms with Crippen LogP contribution in [0.1, 0.15) is 26.7 Å². The molecule has 0 aliphatic rings. The Hall–Kier alpha value is -1.13. The highest BCUT2D eigenvalue weighted by Crippen LogP contribution is 2.27. The minimum absolute atomic E-state index is 0.0545. The average Bonchev–Trinajstić information content (AvgIpc) is 2.13. The van der Waals surface area contributed by atoms with Crippen molar-refractivity contribution in [3.05, 3.63) is 23.5 Å². The number of hydrogen-bond acceptors (Lipinski definition) is 2. The first-order valence-electron chi connectivity index (χ1n) is 4.89. The second-order valence-electron chi connectivity index (χ2n) is 3.09. The predicted octanol–water partition coefficient (Wildman–Crippen LogP) is 2.68. The molecule has 0 radical (unpaired) electrons. The van der Waals surface area contributed by atoms with Gasteiger partial charge < -0.3 is 11.1 Å². The lowest BCUT2D eigenvalue weighted by atomic mass is 10.2. The standard InChI is InChI=1S/C10H17F3N2/c1-3-7-15-9(14)6-5-8(4-2)10(11,12)13/h5-6,15H,3-4,7,14H2,1-2H3/b8-5+,9-6+. The molecular weight excluding hydrogens is 205 g/mol. The van der Waals surface area contributed by atoms with Gasteiger partial charge in [-0.3, -0.25) is 0 Å². The summed E-state index contributed by atoms with van der Waals surface area (Å²) in [6.45, 7) is 4.07. The van der Waals surface area contributed by atoms with Crippen molar-refractivity contribution in [2.24, 2.45) is 5.73 Å². The zero-order chi connectivity index (χ0) is 11.9. The van der Waals surface area contributed by atoms with Crippen molar-refractivity contribution in [2.75, 3.05) is 6.54 Å². The van der Waals surface area contributed by atoms with E-state index in [1.807, 2.05) is 6.92 Å². The van der Waals surface area contributed by atoms with Crippen molar-refractivity contribution < 1.29 is 13.2 Å². The molecule has 0 aliphatic heterocycles. The molecule has 0 unspecified atom stereocenters. The van der Waals surface area contributed by atoms with Crippen molar-refractivity contribution in [1.29, 1.82) is 0 Å². The highest BCUT2D eigenvalue weighted by Gasteiger charge is 2.31. The molecular formula is C10H17F3N2. The highest BCUT2D eigenvalue weighted by atomic mass is 19.4. The van der Waals surface area contributed by atoms with Gasteiger partial charge in [-0.15, -0.1) is 0 Å². The smallest absolute Gasteiger partial charge is 0.386 e. The van der Waals surface area contributed by atoms with Crippen LogP contribution in [-0.4, -0.2) is 12.7 Å². The quantitative estimate of drug-likeness (QED) is 0.702. The Bertz CT molecular complexity index is 242. The van der Waals surface area contributed by atoms with Crippen LogP contribution in [0.5, 0.6) is 0 Å². The Morgan fingerprint density at radius 2 is 1.87 bits per heavy atom. The van der Waals surface area contributed by atoms with E-state index in [-0.39, 0.29) is 12.2 Å². The number of rotatable bonds is 5. The first kappa shape index (κ1) is 13.9. The second-order valence-corrected chi connectivity index (χ2v) is 3.09. The molecule has 15 heavy (non-hydrogen) atoms. The summed E-state index contributed by atoms with van der Waals surface area (Å²) in [6, 6.07) is 0. The van der Waals surface area contributed by atoms with Gasteiger partial charge >= 0.3 is 6.18 Å². The fraction of sp³-hybridized carbons (Fsp3) is 0.600. The van der Waals surface area contributed by atoms with Gasteiger partial charge in [-0.1, -0.05) is 19.9 Å². The third kappa shape index (κ3) is 6.04. The molecule has 0 aliphatic carbocycles. The van der Waals surface area contributed by atoms with Crippen LogP contribution in [-0.2, 0) is 0 Å². The summed E-state index contributed by atoms with van der Waals surface area (Å²) in [7, 11) is 0. The summed E-state index contributed by atoms with van der Waals surface area (Å²) in [5.74, 6) is 0.257. The van der Waals surface area contributed by atoms with E-state index in [4.69, 9.17) is 5.73 Å². The van der Waals surface area contributed by atoms with Gasteiger partial charge in [-0.05, 0) is 18.9 Å². The molecule has 0 atom stereocenters. The van der Waals surface area contributed by atoms with E-state index in [9.17, 15) is 13.2 Å². The summed E-state index contributed by atoms with van der Waals surface area (Å²) in [6.07, 6.45) is -1.19. The maximum Gasteiger partial charge on any atom is 0.412 e. The van der Waals surface area contributed by atoms with Crippen LogP contribution in [0.4, 0.5) is 13.2 Å². The lowest BCUT2D eigenvalue weighted by Crippen LogP contribution is -2.20. The molecule has 0 amide bonds. The predicted molar refractivity (Wildman–Crippen MR) is 55.0 cm³/mol. The number of nitrogens with two attached hydrogens (primary N) is 1. The molecule has 0 heterocycles. The maximum atomic E-state index is 12.3. The molecule has 0 bridgehead atoms. The minimum atomic E-state index is -4.27. The Kier molecular flexibility index (Phi) is 5.89. The normalized spacial score (nSPS) is 14.2. The van der Waals surface area contributed by atoms with E-state index in [0.29, 0.717) is 6.54 Å². The van der Waals surface area contributed by atoms with E-state index in [0.717, 1.165) is 12.5 Å². The van der Waals surface area contributed by atoms with E-state index in [2.05, 4.69) is 5.32 Å². The number of allylic oxidation sites excluding steroid dienone is 3. The summed E-state index contributed by atoms with van der Waals surface area (Å²) >= 11 is 0.